The third-order valence-electron chi connectivity index (χ3n) is 3.63. The number of hydrogen-bond donors (Lipinski definition) is 3. The van der Waals surface area contributed by atoms with E-state index in [0.717, 1.165) is 5.56 Å². The van der Waals surface area contributed by atoms with Crippen molar-refractivity contribution in [3.8, 4) is 28.6 Å². The first-order valence-corrected chi connectivity index (χ1v) is 8.06. The van der Waals surface area contributed by atoms with Gasteiger partial charge in [-0.1, -0.05) is 35.5 Å². The Balaban J connectivity index is 1.92. The molecular weight excluding hydrogens is 336 g/mol. The molecule has 0 bridgehead atoms. The summed E-state index contributed by atoms with van der Waals surface area (Å²) < 4.78 is 10.9. The summed E-state index contributed by atoms with van der Waals surface area (Å²) in [5, 5.41) is 26.4. The number of aromatic hydroxyl groups is 2. The molecule has 1 heterocycles. The number of benzene rings is 2. The molecule has 0 unspecified atom stereocenters. The van der Waals surface area contributed by atoms with Crippen molar-refractivity contribution in [3.05, 3.63) is 59.8 Å². The van der Waals surface area contributed by atoms with E-state index >= 15 is 0 Å². The molecular formula is C19H18N2O5. The number of hydrogen-bond acceptors (Lipinski definition) is 6. The van der Waals surface area contributed by atoms with E-state index in [1.807, 2.05) is 30.3 Å². The molecule has 3 rings (SSSR count). The number of carbonyl (C=O) groups excluding carboxylic acids is 1. The van der Waals surface area contributed by atoms with Crippen molar-refractivity contribution in [1.82, 2.24) is 10.5 Å². The van der Waals surface area contributed by atoms with Gasteiger partial charge in [-0.25, -0.2) is 0 Å². The Labute approximate surface area is 149 Å². The Morgan fingerprint density at radius 1 is 1.19 bits per heavy atom. The highest BCUT2D eigenvalue weighted by Crippen LogP contribution is 2.41. The second-order valence-corrected chi connectivity index (χ2v) is 5.55. The van der Waals surface area contributed by atoms with Crippen molar-refractivity contribution >= 4 is 5.91 Å². The number of phenolic OH excluding ortho intramolecular Hbond substituents is 2. The minimum atomic E-state index is -0.382. The average Bonchev–Trinajstić information content (AvgIpc) is 3.10. The van der Waals surface area contributed by atoms with E-state index in [1.54, 1.807) is 6.92 Å². The number of aromatic nitrogens is 1. The molecule has 0 fully saturated rings. The number of carbonyl (C=O) groups is 1. The van der Waals surface area contributed by atoms with Gasteiger partial charge in [-0.2, -0.15) is 0 Å². The Hall–Kier alpha value is -3.48. The fourth-order valence-corrected chi connectivity index (χ4v) is 2.43. The zero-order chi connectivity index (χ0) is 18.5. The van der Waals surface area contributed by atoms with Crippen molar-refractivity contribution in [1.29, 1.82) is 0 Å². The zero-order valence-electron chi connectivity index (χ0n) is 14.1. The maximum atomic E-state index is 11.9. The van der Waals surface area contributed by atoms with Gasteiger partial charge in [0.1, 0.15) is 29.4 Å². The summed E-state index contributed by atoms with van der Waals surface area (Å²) in [6.07, 6.45) is 0. The second-order valence-electron chi connectivity index (χ2n) is 5.55. The van der Waals surface area contributed by atoms with E-state index in [1.165, 1.54) is 18.2 Å². The van der Waals surface area contributed by atoms with Crippen LogP contribution in [-0.2, 0) is 6.61 Å². The zero-order valence-corrected chi connectivity index (χ0v) is 14.1. The Bertz CT molecular complexity index is 906. The molecule has 7 nitrogen and oxygen atoms in total. The van der Waals surface area contributed by atoms with Crippen LogP contribution in [-0.4, -0.2) is 27.8 Å². The molecule has 26 heavy (non-hydrogen) atoms. The SMILES string of the molecule is CCNC(=O)c1cc(-c2c(O)cc(O)cc2OCc2ccccc2)on1. The van der Waals surface area contributed by atoms with Gasteiger partial charge in [0.05, 0.1) is 0 Å². The summed E-state index contributed by atoms with van der Waals surface area (Å²) in [5.41, 5.74) is 1.21. The Morgan fingerprint density at radius 3 is 2.69 bits per heavy atom. The van der Waals surface area contributed by atoms with Crippen molar-refractivity contribution in [2.24, 2.45) is 0 Å². The van der Waals surface area contributed by atoms with E-state index in [4.69, 9.17) is 9.26 Å². The van der Waals surface area contributed by atoms with Gasteiger partial charge in [0.25, 0.3) is 5.91 Å². The molecule has 134 valence electrons. The lowest BCUT2D eigenvalue weighted by atomic mass is 10.1. The van der Waals surface area contributed by atoms with Gasteiger partial charge in [-0.05, 0) is 12.5 Å². The van der Waals surface area contributed by atoms with Gasteiger partial charge in [-0.3, -0.25) is 4.79 Å². The topological polar surface area (TPSA) is 105 Å². The molecule has 1 aromatic heterocycles. The van der Waals surface area contributed by atoms with Crippen molar-refractivity contribution < 1.29 is 24.3 Å². The van der Waals surface area contributed by atoms with E-state index < -0.39 is 0 Å². The van der Waals surface area contributed by atoms with Crippen LogP contribution < -0.4 is 10.1 Å². The summed E-state index contributed by atoms with van der Waals surface area (Å²) in [5.74, 6) is -0.409. The van der Waals surface area contributed by atoms with Gasteiger partial charge in [-0.15, -0.1) is 0 Å². The molecule has 0 atom stereocenters. The third kappa shape index (κ3) is 3.77. The summed E-state index contributed by atoms with van der Waals surface area (Å²) in [6, 6.07) is 13.4. The molecule has 3 N–H and O–H groups in total. The highest BCUT2D eigenvalue weighted by Gasteiger charge is 2.20. The van der Waals surface area contributed by atoms with Gasteiger partial charge in [0.15, 0.2) is 11.5 Å². The van der Waals surface area contributed by atoms with Crippen LogP contribution in [0.5, 0.6) is 17.2 Å². The summed E-state index contributed by atoms with van der Waals surface area (Å²) in [4.78, 5) is 11.9. The highest BCUT2D eigenvalue weighted by molar-refractivity contribution is 5.93. The minimum absolute atomic E-state index is 0.0864. The molecule has 0 radical (unpaired) electrons. The fourth-order valence-electron chi connectivity index (χ4n) is 2.43. The molecule has 0 aliphatic heterocycles. The molecule has 1 amide bonds. The van der Waals surface area contributed by atoms with Gasteiger partial charge in [0, 0.05) is 24.7 Å². The van der Waals surface area contributed by atoms with Crippen LogP contribution in [0.2, 0.25) is 0 Å². The Kier molecular flexibility index (Phi) is 5.07. The Morgan fingerprint density at radius 2 is 1.96 bits per heavy atom. The highest BCUT2D eigenvalue weighted by atomic mass is 16.5. The number of ether oxygens (including phenoxy) is 1. The van der Waals surface area contributed by atoms with Crippen LogP contribution in [0.1, 0.15) is 23.0 Å². The first kappa shape index (κ1) is 17.3. The van der Waals surface area contributed by atoms with Crippen LogP contribution in [0.25, 0.3) is 11.3 Å². The van der Waals surface area contributed by atoms with Gasteiger partial charge < -0.3 is 24.8 Å². The molecule has 2 aromatic carbocycles. The number of rotatable bonds is 6. The van der Waals surface area contributed by atoms with E-state index in [-0.39, 0.29) is 46.8 Å². The number of nitrogens with zero attached hydrogens (tertiary/aromatic N) is 1. The van der Waals surface area contributed by atoms with Crippen LogP contribution in [0.3, 0.4) is 0 Å². The van der Waals surface area contributed by atoms with E-state index in [9.17, 15) is 15.0 Å². The molecule has 0 saturated carbocycles. The quantitative estimate of drug-likeness (QED) is 0.628. The molecule has 0 aliphatic rings. The molecule has 0 aliphatic carbocycles. The first-order chi connectivity index (χ1) is 12.6. The largest absolute Gasteiger partial charge is 0.508 e. The minimum Gasteiger partial charge on any atom is -0.508 e. The molecule has 7 heteroatoms. The van der Waals surface area contributed by atoms with Crippen LogP contribution in [0.4, 0.5) is 0 Å². The number of nitrogens with one attached hydrogen (secondary N) is 1. The first-order valence-electron chi connectivity index (χ1n) is 8.06. The van der Waals surface area contributed by atoms with Crippen LogP contribution in [0, 0.1) is 0 Å². The monoisotopic (exact) mass is 354 g/mol. The van der Waals surface area contributed by atoms with Crippen LogP contribution >= 0.6 is 0 Å². The molecule has 3 aromatic rings. The fraction of sp³-hybridized carbons (Fsp3) is 0.158. The van der Waals surface area contributed by atoms with E-state index in [2.05, 4.69) is 10.5 Å². The maximum absolute atomic E-state index is 11.9. The van der Waals surface area contributed by atoms with Crippen molar-refractivity contribution in [2.45, 2.75) is 13.5 Å². The van der Waals surface area contributed by atoms with Crippen LogP contribution in [0.15, 0.2) is 53.1 Å². The lowest BCUT2D eigenvalue weighted by molar-refractivity contribution is 0.0947. The summed E-state index contributed by atoms with van der Waals surface area (Å²) in [7, 11) is 0. The average molecular weight is 354 g/mol. The molecule has 0 spiro atoms. The summed E-state index contributed by atoms with van der Waals surface area (Å²) in [6.45, 7) is 2.48. The lowest BCUT2D eigenvalue weighted by Crippen LogP contribution is -2.22. The second kappa shape index (κ2) is 7.60. The van der Waals surface area contributed by atoms with E-state index in [0.29, 0.717) is 6.54 Å². The standard InChI is InChI=1S/C19H18N2O5/c1-2-20-19(24)14-10-17(26-21-14)18-15(23)8-13(22)9-16(18)25-11-12-6-4-3-5-7-12/h3-10,22-23H,2,11H2,1H3,(H,20,24). The van der Waals surface area contributed by atoms with Crippen molar-refractivity contribution in [3.63, 3.8) is 0 Å². The van der Waals surface area contributed by atoms with Crippen molar-refractivity contribution in [2.75, 3.05) is 6.54 Å². The third-order valence-corrected chi connectivity index (χ3v) is 3.63. The number of amides is 1. The normalized spacial score (nSPS) is 10.5. The van der Waals surface area contributed by atoms with Gasteiger partial charge >= 0.3 is 0 Å². The molecule has 0 saturated heterocycles. The maximum Gasteiger partial charge on any atom is 0.273 e. The van der Waals surface area contributed by atoms with Gasteiger partial charge in [0.2, 0.25) is 0 Å². The number of phenols is 2. The lowest BCUT2D eigenvalue weighted by Gasteiger charge is -2.12. The predicted octanol–water partition coefficient (Wildman–Crippen LogP) is 3.08. The predicted molar refractivity (Wildman–Crippen MR) is 94.0 cm³/mol. The summed E-state index contributed by atoms with van der Waals surface area (Å²) >= 11 is 0. The smallest absolute Gasteiger partial charge is 0.273 e.